The molecule has 0 fully saturated rings. The lowest BCUT2D eigenvalue weighted by molar-refractivity contribution is 0.0774. The standard InChI is InChI=1S/C33H25N3O3/c1-38-30-18-17-27(20-31(30)39-2)32-29(22-36(35-32)33(37)28-10-6-9-25(19-28)21-34)26-15-13-24(14-16-26)12-11-23-7-4-3-5-8-23/h3-10,13-20,29H,22H2,1-2H3. The van der Waals surface area contributed by atoms with Gasteiger partial charge in [0.25, 0.3) is 5.91 Å². The summed E-state index contributed by atoms with van der Waals surface area (Å²) in [5.74, 6) is 7.13. The maximum absolute atomic E-state index is 13.4. The van der Waals surface area contributed by atoms with E-state index in [1.807, 2.05) is 72.8 Å². The summed E-state index contributed by atoms with van der Waals surface area (Å²) < 4.78 is 10.9. The van der Waals surface area contributed by atoms with Crippen molar-refractivity contribution in [2.75, 3.05) is 20.8 Å². The van der Waals surface area contributed by atoms with Gasteiger partial charge in [0.05, 0.1) is 38.1 Å². The van der Waals surface area contributed by atoms with Crippen LogP contribution in [0.3, 0.4) is 0 Å². The zero-order chi connectivity index (χ0) is 27.2. The van der Waals surface area contributed by atoms with Crippen LogP contribution in [0.4, 0.5) is 0 Å². The van der Waals surface area contributed by atoms with Gasteiger partial charge in [0.2, 0.25) is 0 Å². The van der Waals surface area contributed by atoms with E-state index in [0.29, 0.717) is 29.2 Å². The van der Waals surface area contributed by atoms with Gasteiger partial charge in [-0.05, 0) is 66.2 Å². The van der Waals surface area contributed by atoms with Crippen LogP contribution in [0, 0.1) is 23.2 Å². The average Bonchev–Trinajstić information content (AvgIpc) is 3.45. The SMILES string of the molecule is COc1ccc(C2=NN(C(=O)c3cccc(C#N)c3)CC2c2ccc(C#Cc3ccccc3)cc2)cc1OC. The minimum absolute atomic E-state index is 0.178. The molecule has 0 radical (unpaired) electrons. The maximum Gasteiger partial charge on any atom is 0.274 e. The summed E-state index contributed by atoms with van der Waals surface area (Å²) in [7, 11) is 3.17. The Morgan fingerprint density at radius 2 is 1.51 bits per heavy atom. The Morgan fingerprint density at radius 1 is 0.821 bits per heavy atom. The Hall–Kier alpha value is -5.33. The summed E-state index contributed by atoms with van der Waals surface area (Å²) in [6.07, 6.45) is 0. The summed E-state index contributed by atoms with van der Waals surface area (Å²) in [5, 5.41) is 15.5. The van der Waals surface area contributed by atoms with E-state index in [4.69, 9.17) is 14.6 Å². The first-order chi connectivity index (χ1) is 19.1. The molecule has 6 nitrogen and oxygen atoms in total. The van der Waals surface area contributed by atoms with Gasteiger partial charge in [-0.25, -0.2) is 5.01 Å². The van der Waals surface area contributed by atoms with Crippen LogP contribution < -0.4 is 9.47 Å². The smallest absolute Gasteiger partial charge is 0.274 e. The van der Waals surface area contributed by atoms with E-state index in [2.05, 4.69) is 17.9 Å². The van der Waals surface area contributed by atoms with Crippen molar-refractivity contribution in [2.24, 2.45) is 5.10 Å². The second-order valence-corrected chi connectivity index (χ2v) is 8.93. The van der Waals surface area contributed by atoms with Gasteiger partial charge in [-0.15, -0.1) is 0 Å². The van der Waals surface area contributed by atoms with E-state index in [-0.39, 0.29) is 11.8 Å². The molecule has 1 atom stereocenters. The molecule has 1 aliphatic heterocycles. The molecule has 6 heteroatoms. The molecule has 0 spiro atoms. The molecule has 0 saturated carbocycles. The van der Waals surface area contributed by atoms with Crippen LogP contribution in [0.2, 0.25) is 0 Å². The van der Waals surface area contributed by atoms with E-state index >= 15 is 0 Å². The normalized spacial score (nSPS) is 14.0. The lowest BCUT2D eigenvalue weighted by atomic mass is 9.90. The van der Waals surface area contributed by atoms with Crippen LogP contribution in [0.25, 0.3) is 0 Å². The largest absolute Gasteiger partial charge is 0.493 e. The second kappa shape index (κ2) is 11.4. The number of amides is 1. The fourth-order valence-electron chi connectivity index (χ4n) is 4.48. The van der Waals surface area contributed by atoms with E-state index in [1.54, 1.807) is 38.5 Å². The first-order valence-electron chi connectivity index (χ1n) is 12.4. The van der Waals surface area contributed by atoms with Gasteiger partial charge >= 0.3 is 0 Å². The van der Waals surface area contributed by atoms with Gasteiger partial charge in [0.15, 0.2) is 11.5 Å². The van der Waals surface area contributed by atoms with Crippen molar-refractivity contribution in [3.8, 4) is 29.4 Å². The number of nitriles is 1. The second-order valence-electron chi connectivity index (χ2n) is 8.93. The Morgan fingerprint density at radius 3 is 2.21 bits per heavy atom. The molecule has 1 unspecified atom stereocenters. The van der Waals surface area contributed by atoms with E-state index < -0.39 is 0 Å². The Balaban J connectivity index is 1.49. The predicted molar refractivity (Wildman–Crippen MR) is 150 cm³/mol. The van der Waals surface area contributed by atoms with Crippen molar-refractivity contribution in [3.63, 3.8) is 0 Å². The molecule has 4 aromatic carbocycles. The van der Waals surface area contributed by atoms with E-state index in [1.165, 1.54) is 5.01 Å². The third-order valence-corrected chi connectivity index (χ3v) is 6.50. The topological polar surface area (TPSA) is 74.9 Å². The molecular weight excluding hydrogens is 486 g/mol. The molecule has 5 rings (SSSR count). The number of hydrogen-bond acceptors (Lipinski definition) is 5. The highest BCUT2D eigenvalue weighted by Crippen LogP contribution is 2.34. The first kappa shape index (κ1) is 25.3. The molecule has 1 heterocycles. The zero-order valence-electron chi connectivity index (χ0n) is 21.6. The summed E-state index contributed by atoms with van der Waals surface area (Å²) in [4.78, 5) is 13.4. The molecule has 0 bridgehead atoms. The number of hydrogen-bond donors (Lipinski definition) is 0. The van der Waals surface area contributed by atoms with Crippen molar-refractivity contribution in [1.82, 2.24) is 5.01 Å². The quantitative estimate of drug-likeness (QED) is 0.326. The fourth-order valence-corrected chi connectivity index (χ4v) is 4.48. The Bertz CT molecular complexity index is 1640. The minimum Gasteiger partial charge on any atom is -0.493 e. The van der Waals surface area contributed by atoms with Crippen LogP contribution in [-0.4, -0.2) is 37.4 Å². The highest BCUT2D eigenvalue weighted by molar-refractivity contribution is 6.08. The number of benzene rings is 4. The molecule has 0 aliphatic carbocycles. The van der Waals surface area contributed by atoms with Gasteiger partial charge < -0.3 is 9.47 Å². The Labute approximate surface area is 227 Å². The number of nitrogens with zero attached hydrogens (tertiary/aromatic N) is 3. The maximum atomic E-state index is 13.4. The summed E-state index contributed by atoms with van der Waals surface area (Å²) in [6.45, 7) is 0.355. The number of hydrazone groups is 1. The van der Waals surface area contributed by atoms with Crippen LogP contribution >= 0.6 is 0 Å². The van der Waals surface area contributed by atoms with Crippen LogP contribution in [0.15, 0.2) is 102 Å². The monoisotopic (exact) mass is 511 g/mol. The number of methoxy groups -OCH3 is 2. The summed E-state index contributed by atoms with van der Waals surface area (Å²) in [5.41, 5.74) is 5.26. The highest BCUT2D eigenvalue weighted by Gasteiger charge is 2.33. The van der Waals surface area contributed by atoms with Crippen LogP contribution in [0.5, 0.6) is 11.5 Å². The van der Waals surface area contributed by atoms with Gasteiger partial charge in [-0.3, -0.25) is 4.79 Å². The number of ether oxygens (including phenoxy) is 2. The zero-order valence-corrected chi connectivity index (χ0v) is 21.6. The first-order valence-corrected chi connectivity index (χ1v) is 12.4. The molecule has 0 saturated heterocycles. The highest BCUT2D eigenvalue weighted by atomic mass is 16.5. The molecule has 0 aromatic heterocycles. The van der Waals surface area contributed by atoms with Gasteiger partial charge in [-0.1, -0.05) is 48.2 Å². The minimum atomic E-state index is -0.266. The number of carbonyl (C=O) groups is 1. The van der Waals surface area contributed by atoms with E-state index in [9.17, 15) is 10.1 Å². The van der Waals surface area contributed by atoms with Gasteiger partial charge in [-0.2, -0.15) is 10.4 Å². The molecule has 190 valence electrons. The molecule has 1 amide bonds. The average molecular weight is 512 g/mol. The molecule has 4 aromatic rings. The van der Waals surface area contributed by atoms with Crippen molar-refractivity contribution >= 4 is 11.6 Å². The summed E-state index contributed by atoms with van der Waals surface area (Å²) in [6, 6.07) is 32.2. The third-order valence-electron chi connectivity index (χ3n) is 6.50. The molecular formula is C33H25N3O3. The van der Waals surface area contributed by atoms with Crippen molar-refractivity contribution in [3.05, 3.63) is 130 Å². The molecule has 1 aliphatic rings. The number of carbonyl (C=O) groups excluding carboxylic acids is 1. The lowest BCUT2D eigenvalue weighted by Crippen LogP contribution is -2.25. The fraction of sp³-hybridized carbons (Fsp3) is 0.121. The van der Waals surface area contributed by atoms with Crippen LogP contribution in [0.1, 0.15) is 44.1 Å². The van der Waals surface area contributed by atoms with E-state index in [0.717, 1.165) is 28.0 Å². The molecule has 39 heavy (non-hydrogen) atoms. The lowest BCUT2D eigenvalue weighted by Gasteiger charge is -2.16. The Kier molecular flexibility index (Phi) is 7.39. The van der Waals surface area contributed by atoms with Gasteiger partial charge in [0, 0.05) is 28.2 Å². The summed E-state index contributed by atoms with van der Waals surface area (Å²) >= 11 is 0. The van der Waals surface area contributed by atoms with Crippen molar-refractivity contribution < 1.29 is 14.3 Å². The third kappa shape index (κ3) is 5.51. The number of rotatable bonds is 5. The van der Waals surface area contributed by atoms with Gasteiger partial charge in [0.1, 0.15) is 0 Å². The predicted octanol–water partition coefficient (Wildman–Crippen LogP) is 5.62. The van der Waals surface area contributed by atoms with Crippen molar-refractivity contribution in [1.29, 1.82) is 5.26 Å². The van der Waals surface area contributed by atoms with Crippen molar-refractivity contribution in [2.45, 2.75) is 5.92 Å². The molecule has 0 N–H and O–H groups in total. The van der Waals surface area contributed by atoms with Crippen LogP contribution in [-0.2, 0) is 0 Å².